The minimum atomic E-state index is -1.72. The molecule has 0 amide bonds. The van der Waals surface area contributed by atoms with Crippen LogP contribution in [0.2, 0.25) is 0 Å². The second-order valence-corrected chi connectivity index (χ2v) is 6.25. The maximum Gasteiger partial charge on any atom is 0.343 e. The molecular formula is C17H16O4S. The van der Waals surface area contributed by atoms with Crippen LogP contribution in [0.25, 0.3) is 0 Å². The molecule has 114 valence electrons. The van der Waals surface area contributed by atoms with Crippen molar-refractivity contribution in [1.29, 1.82) is 0 Å². The Hall–Kier alpha value is -1.82. The van der Waals surface area contributed by atoms with E-state index in [-0.39, 0.29) is 0 Å². The van der Waals surface area contributed by atoms with Gasteiger partial charge < -0.3 is 14.9 Å². The van der Waals surface area contributed by atoms with E-state index >= 15 is 0 Å². The molecule has 1 unspecified atom stereocenters. The average Bonchev–Trinajstić information content (AvgIpc) is 2.54. The Bertz CT molecular complexity index is 722. The zero-order valence-corrected chi connectivity index (χ0v) is 12.9. The lowest BCUT2D eigenvalue weighted by atomic mass is 9.87. The summed E-state index contributed by atoms with van der Waals surface area (Å²) in [6.07, 6.45) is 0.632. The highest BCUT2D eigenvalue weighted by Gasteiger charge is 2.43. The quantitative estimate of drug-likeness (QED) is 0.774. The van der Waals surface area contributed by atoms with Crippen LogP contribution in [-0.2, 0) is 21.6 Å². The molecule has 5 heteroatoms. The van der Waals surface area contributed by atoms with Gasteiger partial charge in [0.1, 0.15) is 0 Å². The van der Waals surface area contributed by atoms with Crippen LogP contribution in [0, 0.1) is 0 Å². The molecular weight excluding hydrogens is 300 g/mol. The highest BCUT2D eigenvalue weighted by molar-refractivity contribution is 7.99. The Labute approximate surface area is 132 Å². The molecule has 1 aliphatic rings. The van der Waals surface area contributed by atoms with Gasteiger partial charge in [0, 0.05) is 28.9 Å². The van der Waals surface area contributed by atoms with E-state index in [0.29, 0.717) is 12.0 Å². The summed E-state index contributed by atoms with van der Waals surface area (Å²) in [5.74, 6) is -1.19. The van der Waals surface area contributed by atoms with Crippen molar-refractivity contribution >= 4 is 17.7 Å². The summed E-state index contributed by atoms with van der Waals surface area (Å²) in [4.78, 5) is 13.9. The molecule has 1 heterocycles. The predicted octanol–water partition coefficient (Wildman–Crippen LogP) is 2.66. The van der Waals surface area contributed by atoms with Crippen LogP contribution in [-0.4, -0.2) is 29.9 Å². The topological polar surface area (TPSA) is 66.8 Å². The van der Waals surface area contributed by atoms with Gasteiger partial charge in [0.15, 0.2) is 0 Å². The van der Waals surface area contributed by atoms with Crippen LogP contribution in [0.15, 0.2) is 52.3 Å². The summed E-state index contributed by atoms with van der Waals surface area (Å²) in [5.41, 5.74) is 0.854. The summed E-state index contributed by atoms with van der Waals surface area (Å²) in [5, 5.41) is 19.3. The first kappa shape index (κ1) is 15.1. The SMILES string of the molecule is COC(CO)(C(=O)O)c1cccc2c1Cc1ccccc1S2. The number of methoxy groups -OCH3 is 1. The first-order valence-electron chi connectivity index (χ1n) is 6.90. The second kappa shape index (κ2) is 5.76. The van der Waals surface area contributed by atoms with E-state index in [1.165, 1.54) is 12.0 Å². The van der Waals surface area contributed by atoms with Crippen LogP contribution >= 0.6 is 11.8 Å². The zero-order valence-electron chi connectivity index (χ0n) is 12.1. The number of aliphatic hydroxyl groups excluding tert-OH is 1. The van der Waals surface area contributed by atoms with Crippen LogP contribution in [0.4, 0.5) is 0 Å². The van der Waals surface area contributed by atoms with Crippen LogP contribution in [0.5, 0.6) is 0 Å². The molecule has 3 rings (SSSR count). The van der Waals surface area contributed by atoms with Crippen molar-refractivity contribution in [2.75, 3.05) is 13.7 Å². The molecule has 0 aromatic heterocycles. The number of hydrogen-bond donors (Lipinski definition) is 2. The molecule has 22 heavy (non-hydrogen) atoms. The van der Waals surface area contributed by atoms with E-state index in [2.05, 4.69) is 6.07 Å². The molecule has 2 aromatic carbocycles. The molecule has 1 aliphatic heterocycles. The lowest BCUT2D eigenvalue weighted by molar-refractivity contribution is -0.169. The lowest BCUT2D eigenvalue weighted by Crippen LogP contribution is -2.42. The van der Waals surface area contributed by atoms with Gasteiger partial charge in [-0.15, -0.1) is 0 Å². The number of carboxylic acid groups (broad SMARTS) is 1. The highest BCUT2D eigenvalue weighted by Crippen LogP contribution is 2.43. The fourth-order valence-electron chi connectivity index (χ4n) is 2.81. The third kappa shape index (κ3) is 2.22. The lowest BCUT2D eigenvalue weighted by Gasteiger charge is -2.31. The van der Waals surface area contributed by atoms with Crippen LogP contribution in [0.1, 0.15) is 16.7 Å². The van der Waals surface area contributed by atoms with E-state index in [9.17, 15) is 15.0 Å². The van der Waals surface area contributed by atoms with Gasteiger partial charge in [0.2, 0.25) is 5.60 Å². The van der Waals surface area contributed by atoms with Gasteiger partial charge in [-0.1, -0.05) is 42.1 Å². The van der Waals surface area contributed by atoms with Gasteiger partial charge in [0.25, 0.3) is 0 Å². The van der Waals surface area contributed by atoms with Crippen molar-refractivity contribution in [3.05, 3.63) is 59.2 Å². The van der Waals surface area contributed by atoms with Gasteiger partial charge in [0.05, 0.1) is 6.61 Å². The fourth-order valence-corrected chi connectivity index (χ4v) is 3.92. The normalized spacial score (nSPS) is 15.5. The molecule has 2 aromatic rings. The van der Waals surface area contributed by atoms with Crippen molar-refractivity contribution in [1.82, 2.24) is 0 Å². The van der Waals surface area contributed by atoms with Crippen molar-refractivity contribution in [2.24, 2.45) is 0 Å². The minimum absolute atomic E-state index is 0.518. The van der Waals surface area contributed by atoms with Gasteiger partial charge >= 0.3 is 5.97 Å². The number of ether oxygens (including phenoxy) is 1. The number of hydrogen-bond acceptors (Lipinski definition) is 4. The third-order valence-corrected chi connectivity index (χ3v) is 5.27. The maximum absolute atomic E-state index is 11.7. The smallest absolute Gasteiger partial charge is 0.343 e. The Morgan fingerprint density at radius 1 is 1.23 bits per heavy atom. The van der Waals surface area contributed by atoms with E-state index in [4.69, 9.17) is 4.74 Å². The zero-order chi connectivity index (χ0) is 15.7. The first-order valence-corrected chi connectivity index (χ1v) is 7.71. The number of aliphatic hydroxyl groups is 1. The Kier molecular flexibility index (Phi) is 3.95. The first-order chi connectivity index (χ1) is 10.6. The van der Waals surface area contributed by atoms with E-state index in [1.807, 2.05) is 30.3 Å². The number of carbonyl (C=O) groups is 1. The third-order valence-electron chi connectivity index (χ3n) is 4.04. The standard InChI is InChI=1S/C17H16O4S/c1-21-17(10-18,16(19)20)13-6-4-8-15-12(13)9-11-5-2-3-7-14(11)22-15/h2-8,18H,9-10H2,1H3,(H,19,20). The predicted molar refractivity (Wildman–Crippen MR) is 83.2 cm³/mol. The highest BCUT2D eigenvalue weighted by atomic mass is 32.2. The van der Waals surface area contributed by atoms with Crippen molar-refractivity contribution < 1.29 is 19.7 Å². The van der Waals surface area contributed by atoms with Gasteiger partial charge in [-0.25, -0.2) is 4.79 Å². The number of aliphatic carboxylic acids is 1. The molecule has 4 nitrogen and oxygen atoms in total. The average molecular weight is 316 g/mol. The minimum Gasteiger partial charge on any atom is -0.479 e. The second-order valence-electron chi connectivity index (χ2n) is 5.16. The number of benzene rings is 2. The van der Waals surface area contributed by atoms with Crippen molar-refractivity contribution in [2.45, 2.75) is 21.8 Å². The van der Waals surface area contributed by atoms with Crippen molar-refractivity contribution in [3.8, 4) is 0 Å². The van der Waals surface area contributed by atoms with E-state index in [1.54, 1.807) is 17.8 Å². The molecule has 0 aliphatic carbocycles. The Balaban J connectivity index is 2.16. The van der Waals surface area contributed by atoms with Gasteiger partial charge in [-0.05, 0) is 23.3 Å². The molecule has 0 bridgehead atoms. The maximum atomic E-state index is 11.7. The molecule has 0 saturated heterocycles. The monoisotopic (exact) mass is 316 g/mol. The van der Waals surface area contributed by atoms with E-state index < -0.39 is 18.2 Å². The molecule has 2 N–H and O–H groups in total. The van der Waals surface area contributed by atoms with Crippen molar-refractivity contribution in [3.63, 3.8) is 0 Å². The van der Waals surface area contributed by atoms with E-state index in [0.717, 1.165) is 16.0 Å². The Morgan fingerprint density at radius 3 is 2.64 bits per heavy atom. The molecule has 0 spiro atoms. The number of fused-ring (bicyclic) bond motifs is 2. The Morgan fingerprint density at radius 2 is 1.95 bits per heavy atom. The van der Waals surface area contributed by atoms with Gasteiger partial charge in [-0.3, -0.25) is 0 Å². The molecule has 0 saturated carbocycles. The summed E-state index contributed by atoms with van der Waals surface area (Å²) >= 11 is 1.62. The summed E-state index contributed by atoms with van der Waals surface area (Å²) in [6, 6.07) is 13.6. The van der Waals surface area contributed by atoms with Crippen LogP contribution in [0.3, 0.4) is 0 Å². The molecule has 0 fully saturated rings. The van der Waals surface area contributed by atoms with Gasteiger partial charge in [-0.2, -0.15) is 0 Å². The summed E-state index contributed by atoms with van der Waals surface area (Å²) < 4.78 is 5.23. The summed E-state index contributed by atoms with van der Waals surface area (Å²) in [7, 11) is 1.31. The number of carboxylic acids is 1. The number of rotatable bonds is 4. The molecule has 0 radical (unpaired) electrons. The molecule has 1 atom stereocenters. The largest absolute Gasteiger partial charge is 0.479 e. The van der Waals surface area contributed by atoms with Crippen LogP contribution < -0.4 is 0 Å². The summed E-state index contributed by atoms with van der Waals surface area (Å²) in [6.45, 7) is -0.610. The fraction of sp³-hybridized carbons (Fsp3) is 0.235.